The second-order valence-electron chi connectivity index (χ2n) is 6.50. The fourth-order valence-electron chi connectivity index (χ4n) is 3.21. The topological polar surface area (TPSA) is 107 Å². The number of pyridine rings is 1. The van der Waals surface area contributed by atoms with Crippen LogP contribution in [0.2, 0.25) is 0 Å². The molecule has 1 aliphatic rings. The van der Waals surface area contributed by atoms with Crippen molar-refractivity contribution in [2.24, 2.45) is 7.05 Å². The number of nitrogens with zero attached hydrogens (tertiary/aromatic N) is 7. The van der Waals surface area contributed by atoms with Crippen molar-refractivity contribution in [1.82, 2.24) is 39.7 Å². The van der Waals surface area contributed by atoms with E-state index in [4.69, 9.17) is 4.74 Å². The van der Waals surface area contributed by atoms with Gasteiger partial charge in [0.2, 0.25) is 5.95 Å². The summed E-state index contributed by atoms with van der Waals surface area (Å²) in [5.41, 5.74) is 2.48. The molecule has 11 heteroatoms. The SMILES string of the molecule is Cl.Cn1nccc1Nc1nccc(-c2ccn3c(C4CNCCO4)nnc3c2)n1. The number of ether oxygens (including phenoxy) is 1. The first-order valence-electron chi connectivity index (χ1n) is 9.03. The molecule has 0 aromatic carbocycles. The van der Waals surface area contributed by atoms with Crippen molar-refractivity contribution < 1.29 is 4.74 Å². The number of hydrogen-bond donors (Lipinski definition) is 2. The number of aryl methyl sites for hydroxylation is 1. The number of fused-ring (bicyclic) bond motifs is 1. The smallest absolute Gasteiger partial charge is 0.228 e. The van der Waals surface area contributed by atoms with Gasteiger partial charge in [-0.15, -0.1) is 22.6 Å². The molecule has 4 aromatic heterocycles. The highest BCUT2D eigenvalue weighted by atomic mass is 35.5. The Hall–Kier alpha value is -3.08. The molecular formula is C18H20ClN9O. The zero-order chi connectivity index (χ0) is 18.9. The molecule has 0 bridgehead atoms. The minimum atomic E-state index is -0.0941. The summed E-state index contributed by atoms with van der Waals surface area (Å²) in [6.07, 6.45) is 5.30. The average molecular weight is 414 g/mol. The zero-order valence-corrected chi connectivity index (χ0v) is 16.5. The lowest BCUT2D eigenvalue weighted by molar-refractivity contribution is 0.0215. The second-order valence-corrected chi connectivity index (χ2v) is 6.50. The van der Waals surface area contributed by atoms with Gasteiger partial charge in [-0.3, -0.25) is 9.08 Å². The molecule has 1 saturated heterocycles. The lowest BCUT2D eigenvalue weighted by Crippen LogP contribution is -2.34. The van der Waals surface area contributed by atoms with E-state index < -0.39 is 0 Å². The standard InChI is InChI=1S/C18H19N9O.ClH/c1-26-15(3-6-21-26)23-18-20-5-2-13(22-18)12-4-8-27-16(10-12)24-25-17(27)14-11-19-7-9-28-14;/h2-6,8,10,14,19H,7,9,11H2,1H3,(H,20,22,23);1H. The van der Waals surface area contributed by atoms with Crippen LogP contribution in [0, 0.1) is 0 Å². The molecule has 0 aliphatic carbocycles. The molecule has 29 heavy (non-hydrogen) atoms. The summed E-state index contributed by atoms with van der Waals surface area (Å²) >= 11 is 0. The quantitative estimate of drug-likeness (QED) is 0.521. The van der Waals surface area contributed by atoms with Crippen LogP contribution in [0.15, 0.2) is 42.9 Å². The minimum absolute atomic E-state index is 0. The van der Waals surface area contributed by atoms with Crippen LogP contribution in [-0.4, -0.2) is 54.0 Å². The van der Waals surface area contributed by atoms with E-state index in [0.717, 1.165) is 41.6 Å². The molecule has 1 aliphatic heterocycles. The molecule has 10 nitrogen and oxygen atoms in total. The highest BCUT2D eigenvalue weighted by Gasteiger charge is 2.21. The molecular weight excluding hydrogens is 394 g/mol. The van der Waals surface area contributed by atoms with Gasteiger partial charge < -0.3 is 15.4 Å². The van der Waals surface area contributed by atoms with Crippen molar-refractivity contribution in [3.05, 3.63) is 48.7 Å². The van der Waals surface area contributed by atoms with E-state index in [0.29, 0.717) is 12.6 Å². The van der Waals surface area contributed by atoms with Gasteiger partial charge in [-0.2, -0.15) is 5.10 Å². The van der Waals surface area contributed by atoms with Gasteiger partial charge in [0, 0.05) is 44.2 Å². The van der Waals surface area contributed by atoms with E-state index in [1.807, 2.05) is 41.9 Å². The van der Waals surface area contributed by atoms with E-state index >= 15 is 0 Å². The molecule has 0 spiro atoms. The number of anilines is 2. The van der Waals surface area contributed by atoms with Crippen molar-refractivity contribution in [3.8, 4) is 11.3 Å². The van der Waals surface area contributed by atoms with Gasteiger partial charge in [-0.05, 0) is 18.2 Å². The van der Waals surface area contributed by atoms with E-state index in [-0.39, 0.29) is 18.5 Å². The largest absolute Gasteiger partial charge is 0.368 e. The summed E-state index contributed by atoms with van der Waals surface area (Å²) in [5, 5.41) is 19.3. The third-order valence-corrected chi connectivity index (χ3v) is 4.66. The Morgan fingerprint density at radius 1 is 1.21 bits per heavy atom. The fraction of sp³-hybridized carbons (Fsp3) is 0.278. The molecule has 1 atom stereocenters. The molecule has 0 saturated carbocycles. The highest BCUT2D eigenvalue weighted by Crippen LogP contribution is 2.23. The Labute approximate surface area is 172 Å². The van der Waals surface area contributed by atoms with Crippen molar-refractivity contribution in [1.29, 1.82) is 0 Å². The Bertz CT molecular complexity index is 1120. The van der Waals surface area contributed by atoms with Crippen LogP contribution < -0.4 is 10.6 Å². The van der Waals surface area contributed by atoms with Gasteiger partial charge >= 0.3 is 0 Å². The fourth-order valence-corrected chi connectivity index (χ4v) is 3.21. The average Bonchev–Trinajstić information content (AvgIpc) is 3.34. The van der Waals surface area contributed by atoms with Crippen molar-refractivity contribution >= 4 is 29.8 Å². The Morgan fingerprint density at radius 3 is 2.93 bits per heavy atom. The van der Waals surface area contributed by atoms with Crippen LogP contribution in [-0.2, 0) is 11.8 Å². The Morgan fingerprint density at radius 2 is 2.14 bits per heavy atom. The summed E-state index contributed by atoms with van der Waals surface area (Å²) in [7, 11) is 1.86. The minimum Gasteiger partial charge on any atom is -0.368 e. The van der Waals surface area contributed by atoms with Gasteiger partial charge in [0.05, 0.1) is 18.5 Å². The molecule has 1 unspecified atom stereocenters. The summed E-state index contributed by atoms with van der Waals surface area (Å²) in [5.74, 6) is 2.12. The maximum absolute atomic E-state index is 5.80. The molecule has 150 valence electrons. The third kappa shape index (κ3) is 3.77. The molecule has 4 aromatic rings. The predicted octanol–water partition coefficient (Wildman–Crippen LogP) is 1.75. The monoisotopic (exact) mass is 413 g/mol. The lowest BCUT2D eigenvalue weighted by atomic mass is 10.2. The van der Waals surface area contributed by atoms with Gasteiger partial charge in [0.25, 0.3) is 0 Å². The van der Waals surface area contributed by atoms with Gasteiger partial charge in [-0.25, -0.2) is 9.97 Å². The first-order chi connectivity index (χ1) is 13.8. The number of aromatic nitrogens is 7. The van der Waals surface area contributed by atoms with Gasteiger partial charge in [0.1, 0.15) is 11.9 Å². The molecule has 5 rings (SSSR count). The predicted molar refractivity (Wildman–Crippen MR) is 109 cm³/mol. The van der Waals surface area contributed by atoms with Crippen LogP contribution in [0.4, 0.5) is 11.8 Å². The van der Waals surface area contributed by atoms with Gasteiger partial charge in [0.15, 0.2) is 11.5 Å². The number of nitrogens with one attached hydrogen (secondary N) is 2. The summed E-state index contributed by atoms with van der Waals surface area (Å²) < 4.78 is 9.48. The maximum Gasteiger partial charge on any atom is 0.228 e. The van der Waals surface area contributed by atoms with Gasteiger partial charge in [-0.1, -0.05) is 0 Å². The number of rotatable bonds is 4. The van der Waals surface area contributed by atoms with E-state index in [1.54, 1.807) is 17.1 Å². The van der Waals surface area contributed by atoms with Crippen molar-refractivity contribution in [2.75, 3.05) is 25.0 Å². The first-order valence-corrected chi connectivity index (χ1v) is 9.03. The highest BCUT2D eigenvalue weighted by molar-refractivity contribution is 5.85. The third-order valence-electron chi connectivity index (χ3n) is 4.66. The zero-order valence-electron chi connectivity index (χ0n) is 15.7. The van der Waals surface area contributed by atoms with Crippen LogP contribution in [0.1, 0.15) is 11.9 Å². The van der Waals surface area contributed by atoms with Crippen LogP contribution in [0.5, 0.6) is 0 Å². The lowest BCUT2D eigenvalue weighted by Gasteiger charge is -2.22. The molecule has 0 amide bonds. The number of hydrogen-bond acceptors (Lipinski definition) is 8. The summed E-state index contributed by atoms with van der Waals surface area (Å²) in [6, 6.07) is 7.68. The normalized spacial score (nSPS) is 16.5. The Balaban J connectivity index is 0.00000205. The van der Waals surface area contributed by atoms with Crippen LogP contribution in [0.25, 0.3) is 16.9 Å². The summed E-state index contributed by atoms with van der Waals surface area (Å²) in [4.78, 5) is 8.90. The van der Waals surface area contributed by atoms with E-state index in [2.05, 4.69) is 35.9 Å². The van der Waals surface area contributed by atoms with Crippen molar-refractivity contribution in [3.63, 3.8) is 0 Å². The number of morpholine rings is 1. The second kappa shape index (κ2) is 8.11. The van der Waals surface area contributed by atoms with E-state index in [1.165, 1.54) is 0 Å². The maximum atomic E-state index is 5.80. The first kappa shape index (κ1) is 19.2. The van der Waals surface area contributed by atoms with Crippen molar-refractivity contribution in [2.45, 2.75) is 6.10 Å². The molecule has 0 radical (unpaired) electrons. The Kier molecular flexibility index (Phi) is 5.38. The van der Waals surface area contributed by atoms with E-state index in [9.17, 15) is 0 Å². The van der Waals surface area contributed by atoms with Crippen LogP contribution in [0.3, 0.4) is 0 Å². The number of halogens is 1. The molecule has 1 fully saturated rings. The molecule has 5 heterocycles. The molecule has 2 N–H and O–H groups in total. The van der Waals surface area contributed by atoms with Crippen LogP contribution >= 0.6 is 12.4 Å². The summed E-state index contributed by atoms with van der Waals surface area (Å²) in [6.45, 7) is 2.27.